The van der Waals surface area contributed by atoms with Gasteiger partial charge in [0.2, 0.25) is 0 Å². The number of nitro benzene ring substituents is 1. The van der Waals surface area contributed by atoms with Gasteiger partial charge in [-0.15, -0.1) is 0 Å². The molecule has 104 valence electrons. The average molecular weight is 329 g/mol. The summed E-state index contributed by atoms with van der Waals surface area (Å²) < 4.78 is 6.17. The molecule has 0 spiro atoms. The molecule has 0 amide bonds. The fourth-order valence-corrected chi connectivity index (χ4v) is 2.72. The van der Waals surface area contributed by atoms with Gasteiger partial charge in [-0.3, -0.25) is 10.1 Å². The zero-order chi connectivity index (χ0) is 13.7. The summed E-state index contributed by atoms with van der Waals surface area (Å²) in [7, 11) is 0. The molecular formula is C13H17BrN2O3. The summed E-state index contributed by atoms with van der Waals surface area (Å²) in [5.41, 5.74) is 0.891. The van der Waals surface area contributed by atoms with Crippen molar-refractivity contribution in [3.05, 3.63) is 38.3 Å². The molecular weight excluding hydrogens is 312 g/mol. The first-order chi connectivity index (χ1) is 9.18. The van der Waals surface area contributed by atoms with Gasteiger partial charge in [-0.25, -0.2) is 0 Å². The highest BCUT2D eigenvalue weighted by molar-refractivity contribution is 9.10. The predicted octanol–water partition coefficient (Wildman–Crippen LogP) is 3.02. The minimum absolute atomic E-state index is 0.0805. The number of nitro groups is 1. The van der Waals surface area contributed by atoms with Crippen molar-refractivity contribution in [2.75, 3.05) is 13.2 Å². The number of hydrogen-bond acceptors (Lipinski definition) is 4. The lowest BCUT2D eigenvalue weighted by Gasteiger charge is -2.23. The standard InChI is InChI=1S/C13H17BrN2O3/c14-13-10(4-3-6-12(13)16(17)18)8-19-9-11-5-1-2-7-15-11/h3-4,6,11,15H,1-2,5,7-9H2. The molecule has 19 heavy (non-hydrogen) atoms. The SMILES string of the molecule is O=[N+]([O-])c1cccc(COCC2CCCCN2)c1Br. The Morgan fingerprint density at radius 3 is 3.00 bits per heavy atom. The Morgan fingerprint density at radius 1 is 1.47 bits per heavy atom. The third-order valence-corrected chi connectivity index (χ3v) is 4.16. The molecule has 0 aliphatic carbocycles. The zero-order valence-corrected chi connectivity index (χ0v) is 12.2. The predicted molar refractivity (Wildman–Crippen MR) is 76.1 cm³/mol. The van der Waals surface area contributed by atoms with Gasteiger partial charge in [0.25, 0.3) is 5.69 Å². The first kappa shape index (κ1) is 14.4. The molecule has 1 atom stereocenters. The minimum atomic E-state index is -0.393. The van der Waals surface area contributed by atoms with Crippen molar-refractivity contribution in [3.63, 3.8) is 0 Å². The molecule has 1 aliphatic rings. The third-order valence-electron chi connectivity index (χ3n) is 3.24. The van der Waals surface area contributed by atoms with Gasteiger partial charge in [0, 0.05) is 12.1 Å². The molecule has 0 bridgehead atoms. The molecule has 1 aliphatic heterocycles. The van der Waals surface area contributed by atoms with E-state index in [-0.39, 0.29) is 5.69 Å². The second-order valence-corrected chi connectivity index (χ2v) is 5.46. The van der Waals surface area contributed by atoms with E-state index in [1.807, 2.05) is 6.07 Å². The van der Waals surface area contributed by atoms with E-state index in [1.54, 1.807) is 6.07 Å². The molecule has 1 N–H and O–H groups in total. The van der Waals surface area contributed by atoms with Crippen molar-refractivity contribution in [2.24, 2.45) is 0 Å². The second-order valence-electron chi connectivity index (χ2n) is 4.67. The molecule has 6 heteroatoms. The molecule has 1 saturated heterocycles. The first-order valence-electron chi connectivity index (χ1n) is 6.41. The van der Waals surface area contributed by atoms with Gasteiger partial charge in [-0.2, -0.15) is 0 Å². The Morgan fingerprint density at radius 2 is 2.32 bits per heavy atom. The van der Waals surface area contributed by atoms with Gasteiger partial charge < -0.3 is 10.1 Å². The van der Waals surface area contributed by atoms with Crippen LogP contribution in [-0.2, 0) is 11.3 Å². The number of benzene rings is 1. The summed E-state index contributed by atoms with van der Waals surface area (Å²) in [6.45, 7) is 2.09. The topological polar surface area (TPSA) is 64.4 Å². The van der Waals surface area contributed by atoms with Crippen molar-refractivity contribution < 1.29 is 9.66 Å². The molecule has 5 nitrogen and oxygen atoms in total. The fourth-order valence-electron chi connectivity index (χ4n) is 2.20. The summed E-state index contributed by atoms with van der Waals surface area (Å²) in [4.78, 5) is 10.4. The first-order valence-corrected chi connectivity index (χ1v) is 7.20. The fraction of sp³-hybridized carbons (Fsp3) is 0.538. The summed E-state index contributed by atoms with van der Waals surface area (Å²) in [5, 5.41) is 14.2. The van der Waals surface area contributed by atoms with E-state index in [1.165, 1.54) is 18.9 Å². The number of rotatable bonds is 5. The van der Waals surface area contributed by atoms with E-state index in [9.17, 15) is 10.1 Å². The Labute approximate surface area is 120 Å². The molecule has 2 rings (SSSR count). The number of halogens is 1. The zero-order valence-electron chi connectivity index (χ0n) is 10.6. The molecule has 1 heterocycles. The van der Waals surface area contributed by atoms with E-state index < -0.39 is 4.92 Å². The monoisotopic (exact) mass is 328 g/mol. The van der Waals surface area contributed by atoms with E-state index in [2.05, 4.69) is 21.2 Å². The maximum Gasteiger partial charge on any atom is 0.283 e. The highest BCUT2D eigenvalue weighted by Crippen LogP contribution is 2.28. The maximum absolute atomic E-state index is 10.8. The van der Waals surface area contributed by atoms with Crippen LogP contribution in [0.1, 0.15) is 24.8 Å². The van der Waals surface area contributed by atoms with Crippen LogP contribution in [0, 0.1) is 10.1 Å². The summed E-state index contributed by atoms with van der Waals surface area (Å²) in [6, 6.07) is 5.41. The normalized spacial score (nSPS) is 19.3. The van der Waals surface area contributed by atoms with Crippen molar-refractivity contribution in [3.8, 4) is 0 Å². The molecule has 0 aromatic heterocycles. The lowest BCUT2D eigenvalue weighted by atomic mass is 10.1. The van der Waals surface area contributed by atoms with Crippen LogP contribution in [0.4, 0.5) is 5.69 Å². The lowest BCUT2D eigenvalue weighted by molar-refractivity contribution is -0.385. The van der Waals surface area contributed by atoms with Crippen LogP contribution in [0.2, 0.25) is 0 Å². The van der Waals surface area contributed by atoms with Crippen molar-refractivity contribution >= 4 is 21.6 Å². The highest BCUT2D eigenvalue weighted by atomic mass is 79.9. The summed E-state index contributed by atoms with van der Waals surface area (Å²) in [5.74, 6) is 0. The van der Waals surface area contributed by atoms with Crippen molar-refractivity contribution in [1.82, 2.24) is 5.32 Å². The van der Waals surface area contributed by atoms with Crippen LogP contribution < -0.4 is 5.32 Å². The van der Waals surface area contributed by atoms with Gasteiger partial charge in [0.05, 0.1) is 18.1 Å². The Hall–Kier alpha value is -0.980. The molecule has 0 saturated carbocycles. The van der Waals surface area contributed by atoms with Crippen LogP contribution >= 0.6 is 15.9 Å². The minimum Gasteiger partial charge on any atom is -0.375 e. The lowest BCUT2D eigenvalue weighted by Crippen LogP contribution is -2.37. The van der Waals surface area contributed by atoms with Crippen LogP contribution in [0.15, 0.2) is 22.7 Å². The van der Waals surface area contributed by atoms with Crippen LogP contribution in [0.3, 0.4) is 0 Å². The Balaban J connectivity index is 1.88. The van der Waals surface area contributed by atoms with E-state index >= 15 is 0 Å². The van der Waals surface area contributed by atoms with E-state index in [0.717, 1.165) is 18.5 Å². The molecule has 0 radical (unpaired) electrons. The quantitative estimate of drug-likeness (QED) is 0.666. The summed E-state index contributed by atoms with van der Waals surface area (Å²) in [6.07, 6.45) is 3.60. The van der Waals surface area contributed by atoms with Crippen LogP contribution in [0.5, 0.6) is 0 Å². The smallest absolute Gasteiger partial charge is 0.283 e. The Bertz CT molecular complexity index is 448. The van der Waals surface area contributed by atoms with Gasteiger partial charge in [-0.05, 0) is 40.9 Å². The van der Waals surface area contributed by atoms with Gasteiger partial charge in [0.1, 0.15) is 4.47 Å². The van der Waals surface area contributed by atoms with Crippen molar-refractivity contribution in [1.29, 1.82) is 0 Å². The largest absolute Gasteiger partial charge is 0.375 e. The molecule has 1 unspecified atom stereocenters. The third kappa shape index (κ3) is 3.99. The van der Waals surface area contributed by atoms with Gasteiger partial charge in [0.15, 0.2) is 0 Å². The van der Waals surface area contributed by atoms with Crippen molar-refractivity contribution in [2.45, 2.75) is 31.9 Å². The second kappa shape index (κ2) is 6.98. The average Bonchev–Trinajstić information content (AvgIpc) is 2.41. The van der Waals surface area contributed by atoms with Gasteiger partial charge in [-0.1, -0.05) is 18.6 Å². The molecule has 1 fully saturated rings. The molecule has 1 aromatic rings. The number of piperidine rings is 1. The van der Waals surface area contributed by atoms with Crippen LogP contribution in [-0.4, -0.2) is 24.1 Å². The molecule has 1 aromatic carbocycles. The van der Waals surface area contributed by atoms with E-state index in [4.69, 9.17) is 4.74 Å². The number of nitrogens with zero attached hydrogens (tertiary/aromatic N) is 1. The van der Waals surface area contributed by atoms with Gasteiger partial charge >= 0.3 is 0 Å². The maximum atomic E-state index is 10.8. The number of nitrogens with one attached hydrogen (secondary N) is 1. The van der Waals surface area contributed by atoms with E-state index in [0.29, 0.717) is 23.7 Å². The number of hydrogen-bond donors (Lipinski definition) is 1. The summed E-state index contributed by atoms with van der Waals surface area (Å²) >= 11 is 3.27. The van der Waals surface area contributed by atoms with Crippen LogP contribution in [0.25, 0.3) is 0 Å². The Kier molecular flexibility index (Phi) is 5.30. The highest BCUT2D eigenvalue weighted by Gasteiger charge is 2.16. The number of ether oxygens (including phenoxy) is 1.